The fourth-order valence-electron chi connectivity index (χ4n) is 2.08. The predicted octanol–water partition coefficient (Wildman–Crippen LogP) is 3.23. The maximum atomic E-state index is 12.0. The lowest BCUT2D eigenvalue weighted by Gasteiger charge is -2.19. The Hall–Kier alpha value is -1.18. The first-order chi connectivity index (χ1) is 7.49. The summed E-state index contributed by atoms with van der Waals surface area (Å²) in [5.74, 6) is 0.225. The van der Waals surface area contributed by atoms with Gasteiger partial charge in [-0.2, -0.15) is 0 Å². The van der Waals surface area contributed by atoms with Crippen LogP contribution in [0.4, 0.5) is 0 Å². The van der Waals surface area contributed by atoms with E-state index in [4.69, 9.17) is 0 Å². The van der Waals surface area contributed by atoms with Crippen molar-refractivity contribution in [2.45, 2.75) is 47.0 Å². The van der Waals surface area contributed by atoms with Gasteiger partial charge in [0.15, 0.2) is 11.6 Å². The summed E-state index contributed by atoms with van der Waals surface area (Å²) in [5.41, 5.74) is 2.06. The van der Waals surface area contributed by atoms with E-state index in [0.29, 0.717) is 5.57 Å². The highest BCUT2D eigenvalue weighted by Gasteiger charge is 2.27. The van der Waals surface area contributed by atoms with Crippen molar-refractivity contribution in [1.82, 2.24) is 0 Å². The molecule has 88 valence electrons. The number of allylic oxidation sites excluding steroid dienone is 4. The highest BCUT2D eigenvalue weighted by atomic mass is 16.1. The molecule has 0 saturated heterocycles. The zero-order chi connectivity index (χ0) is 12.3. The van der Waals surface area contributed by atoms with Crippen LogP contribution in [0, 0.1) is 5.92 Å². The van der Waals surface area contributed by atoms with Crippen LogP contribution in [0.25, 0.3) is 0 Å². The molecule has 0 bridgehead atoms. The number of hydrogen-bond acceptors (Lipinski definition) is 2. The Balaban J connectivity index is 3.12. The van der Waals surface area contributed by atoms with E-state index >= 15 is 0 Å². The highest BCUT2D eigenvalue weighted by molar-refractivity contribution is 6.22. The molecule has 16 heavy (non-hydrogen) atoms. The van der Waals surface area contributed by atoms with Gasteiger partial charge in [-0.05, 0) is 31.8 Å². The lowest BCUT2D eigenvalue weighted by atomic mass is 9.82. The minimum Gasteiger partial charge on any atom is -0.290 e. The number of rotatable bonds is 4. The van der Waals surface area contributed by atoms with Gasteiger partial charge in [-0.25, -0.2) is 0 Å². The highest BCUT2D eigenvalue weighted by Crippen LogP contribution is 2.28. The molecule has 2 heteroatoms. The second-order valence-electron chi connectivity index (χ2n) is 4.67. The van der Waals surface area contributed by atoms with E-state index in [9.17, 15) is 9.59 Å². The minimum atomic E-state index is 0.0261. The maximum absolute atomic E-state index is 12.0. The van der Waals surface area contributed by atoms with Crippen molar-refractivity contribution in [2.75, 3.05) is 0 Å². The number of hydrogen-bond donors (Lipinski definition) is 0. The van der Waals surface area contributed by atoms with E-state index in [1.54, 1.807) is 6.92 Å². The predicted molar refractivity (Wildman–Crippen MR) is 65.2 cm³/mol. The molecule has 0 aromatic heterocycles. The van der Waals surface area contributed by atoms with Gasteiger partial charge in [0.25, 0.3) is 0 Å². The fourth-order valence-corrected chi connectivity index (χ4v) is 2.08. The Morgan fingerprint density at radius 2 is 1.88 bits per heavy atom. The number of carbonyl (C=O) groups is 2. The minimum absolute atomic E-state index is 0.0261. The molecule has 0 amide bonds. The third-order valence-electron chi connectivity index (χ3n) is 2.93. The van der Waals surface area contributed by atoms with E-state index in [0.717, 1.165) is 30.4 Å². The van der Waals surface area contributed by atoms with Gasteiger partial charge in [-0.3, -0.25) is 9.59 Å². The van der Waals surface area contributed by atoms with Crippen LogP contribution >= 0.6 is 0 Å². The van der Waals surface area contributed by atoms with Crippen molar-refractivity contribution >= 4 is 11.6 Å². The SMILES string of the molecule is CCCCC1=C(C(C)C)C(=O)C=C(C)C1=O. The van der Waals surface area contributed by atoms with Crippen molar-refractivity contribution in [3.8, 4) is 0 Å². The molecule has 0 atom stereocenters. The molecule has 1 rings (SSSR count). The monoisotopic (exact) mass is 220 g/mol. The summed E-state index contributed by atoms with van der Waals surface area (Å²) in [7, 11) is 0. The van der Waals surface area contributed by atoms with Gasteiger partial charge < -0.3 is 0 Å². The number of unbranched alkanes of at least 4 members (excludes halogenated alkanes) is 1. The van der Waals surface area contributed by atoms with Crippen LogP contribution in [0.1, 0.15) is 47.0 Å². The number of carbonyl (C=O) groups excluding carboxylic acids is 2. The van der Waals surface area contributed by atoms with Crippen molar-refractivity contribution in [3.05, 3.63) is 22.8 Å². The summed E-state index contributed by atoms with van der Waals surface area (Å²) >= 11 is 0. The molecule has 0 spiro atoms. The van der Waals surface area contributed by atoms with E-state index in [2.05, 4.69) is 6.92 Å². The fraction of sp³-hybridized carbons (Fsp3) is 0.571. The Bertz CT molecular complexity index is 370. The first-order valence-electron chi connectivity index (χ1n) is 5.99. The molecule has 0 fully saturated rings. The van der Waals surface area contributed by atoms with E-state index in [-0.39, 0.29) is 17.5 Å². The molecular formula is C14H20O2. The van der Waals surface area contributed by atoms with Crippen molar-refractivity contribution in [3.63, 3.8) is 0 Å². The third-order valence-corrected chi connectivity index (χ3v) is 2.93. The first kappa shape index (κ1) is 12.9. The van der Waals surface area contributed by atoms with Crippen molar-refractivity contribution < 1.29 is 9.59 Å². The molecule has 0 aromatic rings. The lowest BCUT2D eigenvalue weighted by Crippen LogP contribution is -2.21. The summed E-state index contributed by atoms with van der Waals surface area (Å²) < 4.78 is 0. The molecular weight excluding hydrogens is 200 g/mol. The van der Waals surface area contributed by atoms with Crippen molar-refractivity contribution in [2.24, 2.45) is 5.92 Å². The van der Waals surface area contributed by atoms with Crippen LogP contribution in [0.15, 0.2) is 22.8 Å². The van der Waals surface area contributed by atoms with E-state index in [1.165, 1.54) is 6.08 Å². The van der Waals surface area contributed by atoms with Crippen LogP contribution in [0.2, 0.25) is 0 Å². The van der Waals surface area contributed by atoms with Gasteiger partial charge >= 0.3 is 0 Å². The number of Topliss-reactive ketones (excluding diaryl/α,β-unsaturated/α-hetero) is 1. The van der Waals surface area contributed by atoms with Gasteiger partial charge in [0.2, 0.25) is 0 Å². The van der Waals surface area contributed by atoms with Crippen LogP contribution in [-0.2, 0) is 9.59 Å². The lowest BCUT2D eigenvalue weighted by molar-refractivity contribution is -0.116. The topological polar surface area (TPSA) is 34.1 Å². The second kappa shape index (κ2) is 5.24. The van der Waals surface area contributed by atoms with Crippen LogP contribution in [0.5, 0.6) is 0 Å². The molecule has 0 heterocycles. The van der Waals surface area contributed by atoms with Crippen LogP contribution < -0.4 is 0 Å². The Morgan fingerprint density at radius 3 is 2.38 bits per heavy atom. The zero-order valence-electron chi connectivity index (χ0n) is 10.6. The summed E-state index contributed by atoms with van der Waals surface area (Å²) in [6, 6.07) is 0. The average molecular weight is 220 g/mol. The number of ketones is 2. The average Bonchev–Trinajstić information content (AvgIpc) is 2.20. The van der Waals surface area contributed by atoms with Gasteiger partial charge in [-0.1, -0.05) is 27.2 Å². The quantitative estimate of drug-likeness (QED) is 0.682. The molecule has 0 radical (unpaired) electrons. The molecule has 0 N–H and O–H groups in total. The third kappa shape index (κ3) is 2.49. The standard InChI is InChI=1S/C14H20O2/c1-5-6-7-11-13(9(2)3)12(15)8-10(4)14(11)16/h8-9H,5-7H2,1-4H3. The summed E-state index contributed by atoms with van der Waals surface area (Å²) in [6.07, 6.45) is 4.23. The smallest absolute Gasteiger partial charge is 0.185 e. The molecule has 0 saturated carbocycles. The Kier molecular flexibility index (Phi) is 4.22. The summed E-state index contributed by atoms with van der Waals surface area (Å²) in [5, 5.41) is 0. The van der Waals surface area contributed by atoms with Gasteiger partial charge in [0.1, 0.15) is 0 Å². The van der Waals surface area contributed by atoms with E-state index < -0.39 is 0 Å². The molecule has 0 aliphatic heterocycles. The van der Waals surface area contributed by atoms with Crippen molar-refractivity contribution in [1.29, 1.82) is 0 Å². The second-order valence-corrected chi connectivity index (χ2v) is 4.67. The molecule has 1 aliphatic carbocycles. The molecule has 0 aromatic carbocycles. The van der Waals surface area contributed by atoms with Gasteiger partial charge in [0, 0.05) is 16.7 Å². The van der Waals surface area contributed by atoms with E-state index in [1.807, 2.05) is 13.8 Å². The first-order valence-corrected chi connectivity index (χ1v) is 5.99. The molecule has 0 unspecified atom stereocenters. The largest absolute Gasteiger partial charge is 0.290 e. The summed E-state index contributed by atoms with van der Waals surface area (Å²) in [4.78, 5) is 23.9. The Labute approximate surface area is 97.4 Å². The van der Waals surface area contributed by atoms with Crippen LogP contribution in [-0.4, -0.2) is 11.6 Å². The van der Waals surface area contributed by atoms with Crippen LogP contribution in [0.3, 0.4) is 0 Å². The maximum Gasteiger partial charge on any atom is 0.185 e. The Morgan fingerprint density at radius 1 is 1.25 bits per heavy atom. The normalized spacial score (nSPS) is 17.2. The molecule has 2 nitrogen and oxygen atoms in total. The molecule has 1 aliphatic rings. The zero-order valence-corrected chi connectivity index (χ0v) is 10.6. The van der Waals surface area contributed by atoms with Gasteiger partial charge in [0.05, 0.1) is 0 Å². The van der Waals surface area contributed by atoms with Gasteiger partial charge in [-0.15, -0.1) is 0 Å². The summed E-state index contributed by atoms with van der Waals surface area (Å²) in [6.45, 7) is 7.76.